The maximum atomic E-state index is 14.3. The van der Waals surface area contributed by atoms with Crippen molar-refractivity contribution in [2.45, 2.75) is 131 Å². The molecule has 1 saturated heterocycles. The minimum atomic E-state index is -0.423. The van der Waals surface area contributed by atoms with Crippen LogP contribution in [0.4, 0.5) is 0 Å². The summed E-state index contributed by atoms with van der Waals surface area (Å²) in [7, 11) is 0. The van der Waals surface area contributed by atoms with Crippen LogP contribution in [0.3, 0.4) is 0 Å². The van der Waals surface area contributed by atoms with Crippen molar-refractivity contribution < 1.29 is 24.5 Å². The largest absolute Gasteiger partial charge is 0.465 e. The van der Waals surface area contributed by atoms with E-state index in [2.05, 4.69) is 55.0 Å². The Labute approximate surface area is 255 Å². The summed E-state index contributed by atoms with van der Waals surface area (Å²) in [6, 6.07) is 0. The zero-order valence-corrected chi connectivity index (χ0v) is 27.8. The summed E-state index contributed by atoms with van der Waals surface area (Å²) in [6.07, 6.45) is 10.9. The van der Waals surface area contributed by atoms with Crippen molar-refractivity contribution in [1.82, 2.24) is 0 Å². The molecule has 5 aliphatic carbocycles. The van der Waals surface area contributed by atoms with Crippen LogP contribution >= 0.6 is 0 Å². The molecule has 6 rings (SSSR count). The quantitative estimate of drug-likeness (QED) is 0.261. The van der Waals surface area contributed by atoms with Crippen molar-refractivity contribution in [2.24, 2.45) is 62.6 Å². The highest BCUT2D eigenvalue weighted by molar-refractivity contribution is 5.78. The normalized spacial score (nSPS) is 52.9. The zero-order valence-electron chi connectivity index (χ0n) is 27.8. The van der Waals surface area contributed by atoms with E-state index in [-0.39, 0.29) is 40.3 Å². The number of ether oxygens (including phenoxy) is 2. The fourth-order valence-corrected chi connectivity index (χ4v) is 13.1. The van der Waals surface area contributed by atoms with Crippen molar-refractivity contribution in [3.63, 3.8) is 0 Å². The third-order valence-electron chi connectivity index (χ3n) is 15.5. The molecule has 5 heteroatoms. The van der Waals surface area contributed by atoms with Crippen LogP contribution in [0.15, 0.2) is 12.2 Å². The number of fused-ring (bicyclic) bond motifs is 7. The number of allylic oxidation sites excluding steroid dienone is 1. The molecule has 0 aromatic rings. The first-order chi connectivity index (χ1) is 19.6. The molecule has 0 radical (unpaired) electrons. The van der Waals surface area contributed by atoms with Gasteiger partial charge in [0.2, 0.25) is 0 Å². The van der Waals surface area contributed by atoms with Crippen molar-refractivity contribution in [2.75, 3.05) is 19.8 Å². The van der Waals surface area contributed by atoms with E-state index in [1.165, 1.54) is 12.0 Å². The van der Waals surface area contributed by atoms with Gasteiger partial charge in [0.05, 0.1) is 36.9 Å². The predicted molar refractivity (Wildman–Crippen MR) is 165 cm³/mol. The third-order valence-corrected chi connectivity index (χ3v) is 15.5. The molecule has 238 valence electrons. The maximum absolute atomic E-state index is 14.3. The number of hydrogen-bond acceptors (Lipinski definition) is 5. The lowest BCUT2D eigenvalue weighted by atomic mass is 9.32. The van der Waals surface area contributed by atoms with Crippen LogP contribution in [0.5, 0.6) is 0 Å². The second-order valence-corrected chi connectivity index (χ2v) is 17.8. The highest BCUT2D eigenvalue weighted by Crippen LogP contribution is 2.77. The first-order valence-corrected chi connectivity index (χ1v) is 17.3. The van der Waals surface area contributed by atoms with Crippen molar-refractivity contribution in [3.05, 3.63) is 12.2 Å². The van der Waals surface area contributed by atoms with E-state index in [4.69, 9.17) is 9.47 Å². The van der Waals surface area contributed by atoms with Gasteiger partial charge in [0.25, 0.3) is 0 Å². The molecule has 12 atom stereocenters. The van der Waals surface area contributed by atoms with Gasteiger partial charge in [-0.05, 0) is 137 Å². The topological polar surface area (TPSA) is 76.0 Å². The van der Waals surface area contributed by atoms with Gasteiger partial charge in [-0.25, -0.2) is 0 Å². The SMILES string of the molecule is C=C(C)C1CC[C@]2(C(=O)OCC3COC(C)(C)C3)CC[C@]3(C)C(CCC4[C@@]5(C)CC[C@H](O)[C@@](C)(CO)C5CC[C@]43C)C12. The van der Waals surface area contributed by atoms with Gasteiger partial charge in [-0.3, -0.25) is 4.79 Å². The first kappa shape index (κ1) is 31.1. The summed E-state index contributed by atoms with van der Waals surface area (Å²) in [4.78, 5) is 14.3. The molecule has 1 heterocycles. The predicted octanol–water partition coefficient (Wildman–Crippen LogP) is 7.34. The van der Waals surface area contributed by atoms with E-state index in [0.29, 0.717) is 42.8 Å². The van der Waals surface area contributed by atoms with Crippen LogP contribution in [0.1, 0.15) is 119 Å². The number of aliphatic hydroxyl groups excluding tert-OH is 2. The Bertz CT molecular complexity index is 1100. The molecule has 0 aromatic carbocycles. The Morgan fingerprint density at radius 1 is 0.905 bits per heavy atom. The van der Waals surface area contributed by atoms with Crippen molar-refractivity contribution in [1.29, 1.82) is 0 Å². The maximum Gasteiger partial charge on any atom is 0.312 e. The van der Waals surface area contributed by atoms with Gasteiger partial charge in [0.15, 0.2) is 0 Å². The molecule has 0 amide bonds. The summed E-state index contributed by atoms with van der Waals surface area (Å²) in [6.45, 7) is 22.0. The number of carbonyl (C=O) groups excluding carboxylic acids is 1. The van der Waals surface area contributed by atoms with E-state index < -0.39 is 16.9 Å². The molecule has 1 aliphatic heterocycles. The van der Waals surface area contributed by atoms with E-state index in [1.54, 1.807) is 0 Å². The molecule has 6 fully saturated rings. The van der Waals surface area contributed by atoms with E-state index in [1.807, 2.05) is 0 Å². The lowest BCUT2D eigenvalue weighted by molar-refractivity contribution is -0.254. The average Bonchev–Trinajstić information content (AvgIpc) is 3.50. The molecule has 0 aromatic heterocycles. The van der Waals surface area contributed by atoms with Gasteiger partial charge in [-0.15, -0.1) is 0 Å². The number of esters is 1. The molecular formula is C37H60O5. The smallest absolute Gasteiger partial charge is 0.312 e. The standard InChI is InChI=1S/C37H60O5/c1-23(2)25-11-16-37(31(40)41-20-24-19-32(3,4)42-21-24)18-17-35(7)26(30(25)37)9-10-28-33(5)14-13-29(39)34(6,22-38)27(33)12-15-36(28,35)8/h24-30,38-39H,1,9-22H2,2-8H3/t24?,25?,26?,27?,28?,29-,30?,33-,34-,35+,36+,37-/m0/s1. The Morgan fingerprint density at radius 3 is 2.29 bits per heavy atom. The number of aliphatic hydroxyl groups is 2. The van der Waals surface area contributed by atoms with Gasteiger partial charge >= 0.3 is 5.97 Å². The minimum absolute atomic E-state index is 0.0610. The van der Waals surface area contributed by atoms with E-state index >= 15 is 0 Å². The van der Waals surface area contributed by atoms with Crippen LogP contribution in [-0.4, -0.2) is 47.7 Å². The highest BCUT2D eigenvalue weighted by atomic mass is 16.5. The zero-order chi connectivity index (χ0) is 30.5. The van der Waals surface area contributed by atoms with Crippen molar-refractivity contribution in [3.8, 4) is 0 Å². The molecule has 5 saturated carbocycles. The summed E-state index contributed by atoms with van der Waals surface area (Å²) in [5.74, 6) is 2.42. The summed E-state index contributed by atoms with van der Waals surface area (Å²) in [5.41, 5.74) is 0.734. The lowest BCUT2D eigenvalue weighted by Crippen LogP contribution is -2.67. The van der Waals surface area contributed by atoms with Gasteiger partial charge in [0, 0.05) is 11.3 Å². The lowest BCUT2D eigenvalue weighted by Gasteiger charge is -2.72. The molecule has 42 heavy (non-hydrogen) atoms. The second-order valence-electron chi connectivity index (χ2n) is 17.8. The van der Waals surface area contributed by atoms with Crippen LogP contribution in [-0.2, 0) is 14.3 Å². The summed E-state index contributed by atoms with van der Waals surface area (Å²) in [5, 5.41) is 21.6. The average molecular weight is 585 g/mol. The van der Waals surface area contributed by atoms with Gasteiger partial charge < -0.3 is 19.7 Å². The van der Waals surface area contributed by atoms with Gasteiger partial charge in [-0.2, -0.15) is 0 Å². The molecule has 5 nitrogen and oxygen atoms in total. The third kappa shape index (κ3) is 4.14. The molecule has 6 aliphatic rings. The molecule has 6 unspecified atom stereocenters. The van der Waals surface area contributed by atoms with Gasteiger partial charge in [-0.1, -0.05) is 39.8 Å². The number of carbonyl (C=O) groups is 1. The van der Waals surface area contributed by atoms with Crippen LogP contribution in [0.2, 0.25) is 0 Å². The van der Waals surface area contributed by atoms with Crippen molar-refractivity contribution >= 4 is 5.97 Å². The van der Waals surface area contributed by atoms with Crippen LogP contribution in [0, 0.1) is 62.6 Å². The summed E-state index contributed by atoms with van der Waals surface area (Å²) < 4.78 is 12.2. The van der Waals surface area contributed by atoms with Crippen LogP contribution < -0.4 is 0 Å². The Hall–Kier alpha value is -0.910. The Balaban J connectivity index is 1.30. The van der Waals surface area contributed by atoms with Crippen LogP contribution in [0.25, 0.3) is 0 Å². The fraction of sp³-hybridized carbons (Fsp3) is 0.919. The van der Waals surface area contributed by atoms with E-state index in [0.717, 1.165) is 64.2 Å². The van der Waals surface area contributed by atoms with Gasteiger partial charge in [0.1, 0.15) is 0 Å². The molecule has 0 spiro atoms. The van der Waals surface area contributed by atoms with E-state index in [9.17, 15) is 15.0 Å². The fourth-order valence-electron chi connectivity index (χ4n) is 13.1. The first-order valence-electron chi connectivity index (χ1n) is 17.3. The Kier molecular flexibility index (Phi) is 7.44. The summed E-state index contributed by atoms with van der Waals surface area (Å²) >= 11 is 0. The molecule has 2 N–H and O–H groups in total. The monoisotopic (exact) mass is 584 g/mol. The molecule has 0 bridgehead atoms. The highest BCUT2D eigenvalue weighted by Gasteiger charge is 2.72. The molecular weight excluding hydrogens is 524 g/mol. The second kappa shape index (κ2) is 10.0. The minimum Gasteiger partial charge on any atom is -0.465 e. The Morgan fingerprint density at radius 2 is 1.64 bits per heavy atom. The number of hydrogen-bond donors (Lipinski definition) is 2. The number of rotatable bonds is 5.